The number of nitrogens with zero attached hydrogens (tertiary/aromatic N) is 2. The van der Waals surface area contributed by atoms with Gasteiger partial charge in [0.15, 0.2) is 0 Å². The van der Waals surface area contributed by atoms with Crippen molar-refractivity contribution in [2.24, 2.45) is 5.92 Å². The molecule has 1 aliphatic heterocycles. The predicted octanol–water partition coefficient (Wildman–Crippen LogP) is 1.87. The van der Waals surface area contributed by atoms with E-state index in [4.69, 9.17) is 0 Å². The molecule has 2 fully saturated rings. The first-order valence-electron chi connectivity index (χ1n) is 8.22. The Morgan fingerprint density at radius 1 is 1.25 bits per heavy atom. The van der Waals surface area contributed by atoms with E-state index < -0.39 is 0 Å². The summed E-state index contributed by atoms with van der Waals surface area (Å²) in [4.78, 5) is 16.6. The molecule has 0 radical (unpaired) electrons. The van der Waals surface area contributed by atoms with Crippen molar-refractivity contribution in [1.29, 1.82) is 0 Å². The topological polar surface area (TPSA) is 43.8 Å². The van der Waals surface area contributed by atoms with Crippen LogP contribution in [0.3, 0.4) is 0 Å². The van der Waals surface area contributed by atoms with E-state index in [9.17, 15) is 9.90 Å². The average Bonchev–Trinajstić information content (AvgIpc) is 2.90. The van der Waals surface area contributed by atoms with Crippen molar-refractivity contribution < 1.29 is 9.90 Å². The molecule has 2 aliphatic rings. The molecule has 0 aromatic rings. The van der Waals surface area contributed by atoms with E-state index in [1.165, 1.54) is 0 Å². The smallest absolute Gasteiger partial charge is 0.224 e. The molecule has 2 rings (SSSR count). The Kier molecular flexibility index (Phi) is 5.85. The summed E-state index contributed by atoms with van der Waals surface area (Å²) >= 11 is 0. The molecule has 0 spiro atoms. The van der Waals surface area contributed by atoms with E-state index in [1.807, 2.05) is 0 Å². The lowest BCUT2D eigenvalue weighted by atomic mass is 9.86. The van der Waals surface area contributed by atoms with Crippen molar-refractivity contribution in [3.05, 3.63) is 0 Å². The van der Waals surface area contributed by atoms with E-state index in [-0.39, 0.29) is 0 Å². The van der Waals surface area contributed by atoms with Gasteiger partial charge in [-0.05, 0) is 58.4 Å². The van der Waals surface area contributed by atoms with Crippen LogP contribution in [0.5, 0.6) is 0 Å². The molecule has 4 heteroatoms. The fraction of sp³-hybridized carbons (Fsp3) is 0.938. The molecule has 20 heavy (non-hydrogen) atoms. The van der Waals surface area contributed by atoms with Crippen molar-refractivity contribution >= 4 is 5.91 Å². The summed E-state index contributed by atoms with van der Waals surface area (Å²) in [6.45, 7) is 4.31. The van der Waals surface area contributed by atoms with Gasteiger partial charge in [-0.15, -0.1) is 0 Å². The number of likely N-dealkylation sites (tertiary alicyclic amines) is 1. The molecule has 4 nitrogen and oxygen atoms in total. The van der Waals surface area contributed by atoms with Gasteiger partial charge in [0.25, 0.3) is 0 Å². The van der Waals surface area contributed by atoms with Gasteiger partial charge in [0.1, 0.15) is 0 Å². The number of hydrogen-bond donors (Lipinski definition) is 1. The van der Waals surface area contributed by atoms with Crippen molar-refractivity contribution in [3.8, 4) is 0 Å². The lowest BCUT2D eigenvalue weighted by Crippen LogP contribution is -2.40. The first-order valence-corrected chi connectivity index (χ1v) is 8.22. The van der Waals surface area contributed by atoms with Gasteiger partial charge in [-0.25, -0.2) is 0 Å². The Labute approximate surface area is 123 Å². The molecule has 1 saturated carbocycles. The van der Waals surface area contributed by atoms with Gasteiger partial charge < -0.3 is 14.9 Å². The van der Waals surface area contributed by atoms with E-state index in [1.54, 1.807) is 0 Å². The zero-order chi connectivity index (χ0) is 14.5. The number of rotatable bonds is 5. The summed E-state index contributed by atoms with van der Waals surface area (Å²) < 4.78 is 0. The maximum absolute atomic E-state index is 12.2. The monoisotopic (exact) mass is 282 g/mol. The molecule has 1 saturated heterocycles. The van der Waals surface area contributed by atoms with Crippen LogP contribution >= 0.6 is 0 Å². The second-order valence-corrected chi connectivity index (χ2v) is 6.67. The third-order valence-corrected chi connectivity index (χ3v) is 5.25. The van der Waals surface area contributed by atoms with Gasteiger partial charge in [-0.3, -0.25) is 4.79 Å². The predicted molar refractivity (Wildman–Crippen MR) is 80.5 cm³/mol. The van der Waals surface area contributed by atoms with Gasteiger partial charge in [0, 0.05) is 38.2 Å². The zero-order valence-corrected chi connectivity index (χ0v) is 13.1. The maximum Gasteiger partial charge on any atom is 0.224 e. The summed E-state index contributed by atoms with van der Waals surface area (Å²) in [5.41, 5.74) is 0. The van der Waals surface area contributed by atoms with E-state index in [2.05, 4.69) is 23.8 Å². The standard InChI is InChI=1S/C16H30N2O2/c1-13-4-3-10-18(13)16(20)9-11-17(2)15-7-5-14(12-19)6-8-15/h13-15,19H,3-12H2,1-2H3. The number of amides is 1. The molecule has 1 heterocycles. The van der Waals surface area contributed by atoms with Crippen LogP contribution in [0.4, 0.5) is 0 Å². The number of hydrogen-bond acceptors (Lipinski definition) is 3. The Morgan fingerprint density at radius 2 is 1.95 bits per heavy atom. The first-order chi connectivity index (χ1) is 9.61. The van der Waals surface area contributed by atoms with Gasteiger partial charge in [0.2, 0.25) is 5.91 Å². The highest BCUT2D eigenvalue weighted by Crippen LogP contribution is 2.26. The number of carbonyl (C=O) groups is 1. The molecule has 1 N–H and O–H groups in total. The summed E-state index contributed by atoms with van der Waals surface area (Å²) in [5.74, 6) is 0.831. The Morgan fingerprint density at radius 3 is 2.50 bits per heavy atom. The lowest BCUT2D eigenvalue weighted by Gasteiger charge is -2.34. The largest absolute Gasteiger partial charge is 0.396 e. The molecular formula is C16H30N2O2. The van der Waals surface area contributed by atoms with Crippen LogP contribution in [0.1, 0.15) is 51.9 Å². The van der Waals surface area contributed by atoms with E-state index >= 15 is 0 Å². The molecule has 1 atom stereocenters. The van der Waals surface area contributed by atoms with Crippen molar-refractivity contribution in [3.63, 3.8) is 0 Å². The van der Waals surface area contributed by atoms with Crippen LogP contribution in [0.2, 0.25) is 0 Å². The van der Waals surface area contributed by atoms with Crippen LogP contribution in [0, 0.1) is 5.92 Å². The SMILES string of the molecule is CC1CCCN1C(=O)CCN(C)C1CCC(CO)CC1. The molecule has 0 aromatic carbocycles. The summed E-state index contributed by atoms with van der Waals surface area (Å²) in [6.07, 6.45) is 7.55. The van der Waals surface area contributed by atoms with Gasteiger partial charge in [-0.1, -0.05) is 0 Å². The molecular weight excluding hydrogens is 252 g/mol. The fourth-order valence-corrected chi connectivity index (χ4v) is 3.67. The Bertz CT molecular complexity index is 314. The summed E-state index contributed by atoms with van der Waals surface area (Å²) in [5, 5.41) is 9.17. The highest BCUT2D eigenvalue weighted by molar-refractivity contribution is 5.77. The molecule has 1 unspecified atom stereocenters. The van der Waals surface area contributed by atoms with E-state index in [0.29, 0.717) is 36.9 Å². The minimum absolute atomic E-state index is 0.325. The van der Waals surface area contributed by atoms with Crippen LogP contribution in [0.25, 0.3) is 0 Å². The summed E-state index contributed by atoms with van der Waals surface area (Å²) in [7, 11) is 2.14. The van der Waals surface area contributed by atoms with Crippen LogP contribution in [0.15, 0.2) is 0 Å². The molecule has 1 aliphatic carbocycles. The lowest BCUT2D eigenvalue weighted by molar-refractivity contribution is -0.132. The van der Waals surface area contributed by atoms with Crippen LogP contribution in [-0.4, -0.2) is 59.6 Å². The molecule has 0 bridgehead atoms. The Hall–Kier alpha value is -0.610. The van der Waals surface area contributed by atoms with Gasteiger partial charge >= 0.3 is 0 Å². The summed E-state index contributed by atoms with van der Waals surface area (Å²) in [6, 6.07) is 1.04. The normalized spacial score (nSPS) is 31.0. The average molecular weight is 282 g/mol. The minimum Gasteiger partial charge on any atom is -0.396 e. The second kappa shape index (κ2) is 7.41. The maximum atomic E-state index is 12.2. The Balaban J connectivity index is 1.69. The van der Waals surface area contributed by atoms with E-state index in [0.717, 1.165) is 51.6 Å². The number of aliphatic hydroxyl groups is 1. The molecule has 0 aromatic heterocycles. The van der Waals surface area contributed by atoms with Gasteiger partial charge in [-0.2, -0.15) is 0 Å². The van der Waals surface area contributed by atoms with Crippen LogP contribution in [-0.2, 0) is 4.79 Å². The fourth-order valence-electron chi connectivity index (χ4n) is 3.67. The first kappa shape index (κ1) is 15.8. The number of carbonyl (C=O) groups excluding carboxylic acids is 1. The van der Waals surface area contributed by atoms with Crippen molar-refractivity contribution in [2.75, 3.05) is 26.7 Å². The van der Waals surface area contributed by atoms with Crippen molar-refractivity contribution in [1.82, 2.24) is 9.80 Å². The highest BCUT2D eigenvalue weighted by atomic mass is 16.3. The molecule has 116 valence electrons. The zero-order valence-electron chi connectivity index (χ0n) is 13.1. The molecule has 1 amide bonds. The number of aliphatic hydroxyl groups excluding tert-OH is 1. The second-order valence-electron chi connectivity index (χ2n) is 6.67. The minimum atomic E-state index is 0.325. The van der Waals surface area contributed by atoms with Gasteiger partial charge in [0.05, 0.1) is 0 Å². The van der Waals surface area contributed by atoms with Crippen LogP contribution < -0.4 is 0 Å². The quantitative estimate of drug-likeness (QED) is 0.837. The van der Waals surface area contributed by atoms with Crippen molar-refractivity contribution in [2.45, 2.75) is 64.0 Å². The third-order valence-electron chi connectivity index (χ3n) is 5.25. The third kappa shape index (κ3) is 3.95. The highest BCUT2D eigenvalue weighted by Gasteiger charge is 2.27.